The van der Waals surface area contributed by atoms with Crippen LogP contribution in [0.5, 0.6) is 0 Å². The van der Waals surface area contributed by atoms with E-state index in [0.29, 0.717) is 0 Å². The Morgan fingerprint density at radius 1 is 1.24 bits per heavy atom. The number of aromatic nitrogens is 2. The van der Waals surface area contributed by atoms with Crippen molar-refractivity contribution in [2.75, 3.05) is 13.1 Å². The van der Waals surface area contributed by atoms with E-state index >= 15 is 0 Å². The third kappa shape index (κ3) is 3.36. The molecule has 88 valence electrons. The highest BCUT2D eigenvalue weighted by Gasteiger charge is 1.95. The fraction of sp³-hybridized carbons (Fsp3) is 0.286. The van der Waals surface area contributed by atoms with Crippen molar-refractivity contribution in [1.82, 2.24) is 15.3 Å². The molecular weight excluding hydrogens is 210 g/mol. The van der Waals surface area contributed by atoms with E-state index in [-0.39, 0.29) is 0 Å². The van der Waals surface area contributed by atoms with E-state index < -0.39 is 0 Å². The molecule has 2 rings (SSSR count). The molecule has 0 bridgehead atoms. The van der Waals surface area contributed by atoms with Gasteiger partial charge in [0.2, 0.25) is 0 Å². The van der Waals surface area contributed by atoms with Gasteiger partial charge in [0.05, 0.1) is 22.9 Å². The molecule has 0 radical (unpaired) electrons. The first kappa shape index (κ1) is 11.7. The van der Waals surface area contributed by atoms with Crippen LogP contribution in [0.15, 0.2) is 36.5 Å². The zero-order valence-corrected chi connectivity index (χ0v) is 10.1. The van der Waals surface area contributed by atoms with Crippen molar-refractivity contribution >= 4 is 17.1 Å². The topological polar surface area (TPSA) is 37.8 Å². The molecule has 1 N–H and O–H groups in total. The quantitative estimate of drug-likeness (QED) is 0.798. The summed E-state index contributed by atoms with van der Waals surface area (Å²) in [5.41, 5.74) is 2.78. The maximum Gasteiger partial charge on any atom is 0.0894 e. The van der Waals surface area contributed by atoms with Crippen molar-refractivity contribution in [3.63, 3.8) is 0 Å². The first-order chi connectivity index (χ1) is 8.40. The van der Waals surface area contributed by atoms with E-state index in [2.05, 4.69) is 28.3 Å². The Bertz CT molecular complexity index is 506. The molecule has 1 aromatic heterocycles. The van der Waals surface area contributed by atoms with Gasteiger partial charge in [0.15, 0.2) is 0 Å². The highest BCUT2D eigenvalue weighted by Crippen LogP contribution is 2.08. The lowest BCUT2D eigenvalue weighted by molar-refractivity contribution is 0.730. The van der Waals surface area contributed by atoms with Crippen LogP contribution in [0.2, 0.25) is 0 Å². The van der Waals surface area contributed by atoms with Gasteiger partial charge in [0, 0.05) is 6.54 Å². The maximum absolute atomic E-state index is 4.52. The van der Waals surface area contributed by atoms with E-state index in [0.717, 1.165) is 36.2 Å². The molecule has 1 heterocycles. The molecule has 1 aromatic carbocycles. The van der Waals surface area contributed by atoms with Gasteiger partial charge in [-0.05, 0) is 31.2 Å². The maximum atomic E-state index is 4.52. The number of nitrogens with one attached hydrogen (secondary N) is 1. The third-order valence-electron chi connectivity index (χ3n) is 2.44. The zero-order valence-electron chi connectivity index (χ0n) is 10.1. The fourth-order valence-electron chi connectivity index (χ4n) is 1.59. The fourth-order valence-corrected chi connectivity index (χ4v) is 1.59. The van der Waals surface area contributed by atoms with Gasteiger partial charge in [-0.1, -0.05) is 25.1 Å². The van der Waals surface area contributed by atoms with E-state index in [1.165, 1.54) is 0 Å². The summed E-state index contributed by atoms with van der Waals surface area (Å²) in [4.78, 5) is 8.88. The van der Waals surface area contributed by atoms with E-state index in [1.807, 2.05) is 30.3 Å². The Morgan fingerprint density at radius 2 is 2.06 bits per heavy atom. The van der Waals surface area contributed by atoms with Gasteiger partial charge in [0.25, 0.3) is 0 Å². The Morgan fingerprint density at radius 3 is 2.88 bits per heavy atom. The first-order valence-electron chi connectivity index (χ1n) is 5.99. The predicted octanol–water partition coefficient (Wildman–Crippen LogP) is 2.64. The molecular formula is C14H17N3. The van der Waals surface area contributed by atoms with Crippen LogP contribution in [-0.2, 0) is 0 Å². The Hall–Kier alpha value is -1.74. The summed E-state index contributed by atoms with van der Waals surface area (Å²) in [5, 5.41) is 3.31. The van der Waals surface area contributed by atoms with Gasteiger partial charge in [-0.3, -0.25) is 4.98 Å². The molecule has 2 aromatic rings. The largest absolute Gasteiger partial charge is 0.313 e. The molecule has 0 aliphatic carbocycles. The highest BCUT2D eigenvalue weighted by molar-refractivity contribution is 5.74. The first-order valence-corrected chi connectivity index (χ1v) is 5.99. The third-order valence-corrected chi connectivity index (χ3v) is 2.44. The van der Waals surface area contributed by atoms with Crippen LogP contribution in [0.25, 0.3) is 17.1 Å². The van der Waals surface area contributed by atoms with Crippen LogP contribution in [0.1, 0.15) is 19.0 Å². The van der Waals surface area contributed by atoms with Gasteiger partial charge in [0.1, 0.15) is 0 Å². The van der Waals surface area contributed by atoms with Crippen molar-refractivity contribution in [2.45, 2.75) is 13.3 Å². The monoisotopic (exact) mass is 227 g/mol. The normalized spacial score (nSPS) is 11.4. The van der Waals surface area contributed by atoms with E-state index in [1.54, 1.807) is 6.20 Å². The molecule has 0 aliphatic heterocycles. The number of hydrogen-bond acceptors (Lipinski definition) is 3. The van der Waals surface area contributed by atoms with Crippen molar-refractivity contribution < 1.29 is 0 Å². The molecule has 0 unspecified atom stereocenters. The lowest BCUT2D eigenvalue weighted by atomic mass is 10.3. The Labute approximate surface area is 102 Å². The molecule has 0 aliphatic rings. The molecule has 3 nitrogen and oxygen atoms in total. The number of hydrogen-bond donors (Lipinski definition) is 1. The summed E-state index contributed by atoms with van der Waals surface area (Å²) in [7, 11) is 0. The van der Waals surface area contributed by atoms with Crippen molar-refractivity contribution in [2.24, 2.45) is 0 Å². The van der Waals surface area contributed by atoms with Crippen molar-refractivity contribution in [1.29, 1.82) is 0 Å². The summed E-state index contributed by atoms with van der Waals surface area (Å²) in [6.45, 7) is 4.08. The lowest BCUT2D eigenvalue weighted by Crippen LogP contribution is -2.13. The molecule has 0 atom stereocenters. The molecule has 0 saturated carbocycles. The predicted molar refractivity (Wildman–Crippen MR) is 71.7 cm³/mol. The second-order valence-electron chi connectivity index (χ2n) is 3.89. The SMILES string of the molecule is CCCNCC=Cc1cnc2ccccc2n1. The number of benzene rings is 1. The smallest absolute Gasteiger partial charge is 0.0894 e. The van der Waals surface area contributed by atoms with Crippen LogP contribution >= 0.6 is 0 Å². The molecule has 0 fully saturated rings. The van der Waals surface area contributed by atoms with E-state index in [4.69, 9.17) is 0 Å². The minimum atomic E-state index is 0.877. The van der Waals surface area contributed by atoms with Crippen LogP contribution < -0.4 is 5.32 Å². The summed E-state index contributed by atoms with van der Waals surface area (Å²) in [6.07, 6.45) is 7.04. The lowest BCUT2D eigenvalue weighted by Gasteiger charge is -1.98. The summed E-state index contributed by atoms with van der Waals surface area (Å²) in [5.74, 6) is 0. The van der Waals surface area contributed by atoms with Crippen LogP contribution in [0.4, 0.5) is 0 Å². The zero-order chi connectivity index (χ0) is 11.9. The minimum Gasteiger partial charge on any atom is -0.313 e. The number of nitrogens with zero attached hydrogens (tertiary/aromatic N) is 2. The van der Waals surface area contributed by atoms with Gasteiger partial charge in [-0.15, -0.1) is 0 Å². The molecule has 0 amide bonds. The van der Waals surface area contributed by atoms with Crippen LogP contribution in [-0.4, -0.2) is 23.1 Å². The van der Waals surface area contributed by atoms with E-state index in [9.17, 15) is 0 Å². The second kappa shape index (κ2) is 6.11. The molecule has 0 saturated heterocycles. The minimum absolute atomic E-state index is 0.877. The average Bonchev–Trinajstić information content (AvgIpc) is 2.38. The van der Waals surface area contributed by atoms with Gasteiger partial charge >= 0.3 is 0 Å². The summed E-state index contributed by atoms with van der Waals surface area (Å²) >= 11 is 0. The van der Waals surface area contributed by atoms with Gasteiger partial charge in [-0.2, -0.15) is 0 Å². The molecule has 0 spiro atoms. The van der Waals surface area contributed by atoms with Crippen LogP contribution in [0, 0.1) is 0 Å². The highest BCUT2D eigenvalue weighted by atomic mass is 14.8. The summed E-state index contributed by atoms with van der Waals surface area (Å²) < 4.78 is 0. The number of fused-ring (bicyclic) bond motifs is 1. The number of rotatable bonds is 5. The van der Waals surface area contributed by atoms with Crippen molar-refractivity contribution in [3.05, 3.63) is 42.2 Å². The Kier molecular flexibility index (Phi) is 4.22. The second-order valence-corrected chi connectivity index (χ2v) is 3.89. The summed E-state index contributed by atoms with van der Waals surface area (Å²) in [6, 6.07) is 7.90. The van der Waals surface area contributed by atoms with Gasteiger partial charge < -0.3 is 5.32 Å². The number of para-hydroxylation sites is 2. The van der Waals surface area contributed by atoms with Crippen LogP contribution in [0.3, 0.4) is 0 Å². The Balaban J connectivity index is 2.04. The molecule has 3 heteroatoms. The molecule has 17 heavy (non-hydrogen) atoms. The van der Waals surface area contributed by atoms with Crippen molar-refractivity contribution in [3.8, 4) is 0 Å². The standard InChI is InChI=1S/C14H17N3/c1-2-9-15-10-5-6-12-11-16-13-7-3-4-8-14(13)17-12/h3-8,11,15H,2,9-10H2,1H3. The average molecular weight is 227 g/mol. The van der Waals surface area contributed by atoms with Gasteiger partial charge in [-0.25, -0.2) is 4.98 Å².